The summed E-state index contributed by atoms with van der Waals surface area (Å²) in [4.78, 5) is 2.45. The van der Waals surface area contributed by atoms with Gasteiger partial charge < -0.3 is 19.7 Å². The molecule has 0 bridgehead atoms. The summed E-state index contributed by atoms with van der Waals surface area (Å²) in [5.41, 5.74) is 13.4. The second kappa shape index (κ2) is 13.1. The average molecular weight is 749 g/mol. The molecule has 0 saturated heterocycles. The summed E-state index contributed by atoms with van der Waals surface area (Å²) in [5, 5.41) is 3.76. The molecule has 2 heterocycles. The standard InChI is InChI=1S/C54H40N2O2/c1-53(2)42-27-15-16-28-47(42)56(40-25-13-6-14-26-40)48-35-43-36(33-45(48)53)31-32-41-44(54(43,37-19-7-3-8-20-37)38-21-9-4-10-22-38)34-46(55-39-23-11-5-12-24-39)52-51(41)57-49-29-17-18-30-50(49)58-52/h3-35,55H,1-2H3. The molecule has 4 heteroatoms. The maximum absolute atomic E-state index is 7.00. The van der Waals surface area contributed by atoms with E-state index in [9.17, 15) is 0 Å². The summed E-state index contributed by atoms with van der Waals surface area (Å²) in [6.07, 6.45) is 4.54. The third-order valence-electron chi connectivity index (χ3n) is 12.2. The van der Waals surface area contributed by atoms with Gasteiger partial charge in [0.1, 0.15) is 0 Å². The zero-order valence-corrected chi connectivity index (χ0v) is 32.3. The number of ether oxygens (including phenoxy) is 2. The highest BCUT2D eigenvalue weighted by Crippen LogP contribution is 2.60. The van der Waals surface area contributed by atoms with E-state index in [1.165, 1.54) is 22.4 Å². The molecular formula is C54H40N2O2. The van der Waals surface area contributed by atoms with Crippen molar-refractivity contribution in [2.45, 2.75) is 24.7 Å². The van der Waals surface area contributed by atoms with E-state index in [2.05, 4.69) is 182 Å². The number of benzene rings is 8. The molecule has 58 heavy (non-hydrogen) atoms. The van der Waals surface area contributed by atoms with E-state index < -0.39 is 5.41 Å². The summed E-state index contributed by atoms with van der Waals surface area (Å²) >= 11 is 0. The molecule has 0 radical (unpaired) electrons. The average Bonchev–Trinajstić information content (AvgIpc) is 3.41. The zero-order chi connectivity index (χ0) is 38.8. The Labute approximate surface area is 339 Å². The highest BCUT2D eigenvalue weighted by atomic mass is 16.6. The van der Waals surface area contributed by atoms with E-state index in [4.69, 9.17) is 9.47 Å². The van der Waals surface area contributed by atoms with E-state index in [-0.39, 0.29) is 5.41 Å². The number of nitrogens with one attached hydrogen (secondary N) is 1. The molecule has 278 valence electrons. The van der Waals surface area contributed by atoms with E-state index in [0.717, 1.165) is 50.6 Å². The first-order valence-corrected chi connectivity index (χ1v) is 19.9. The van der Waals surface area contributed by atoms with Gasteiger partial charge in [-0.05, 0) is 99.6 Å². The Kier molecular flexibility index (Phi) is 7.70. The van der Waals surface area contributed by atoms with Crippen molar-refractivity contribution in [1.29, 1.82) is 0 Å². The van der Waals surface area contributed by atoms with E-state index >= 15 is 0 Å². The molecule has 8 aromatic rings. The van der Waals surface area contributed by atoms with Crippen molar-refractivity contribution in [1.82, 2.24) is 0 Å². The summed E-state index contributed by atoms with van der Waals surface area (Å²) in [6, 6.07) is 67.0. The van der Waals surface area contributed by atoms with Crippen LogP contribution in [0.2, 0.25) is 0 Å². The molecule has 1 aliphatic carbocycles. The fourth-order valence-corrected chi connectivity index (χ4v) is 9.51. The minimum atomic E-state index is -0.808. The van der Waals surface area contributed by atoms with Gasteiger partial charge in [0.05, 0.1) is 22.5 Å². The quantitative estimate of drug-likeness (QED) is 0.190. The number of fused-ring (bicyclic) bond motifs is 7. The fraction of sp³-hybridized carbons (Fsp3) is 0.0741. The minimum Gasteiger partial charge on any atom is -0.449 e. The first-order chi connectivity index (χ1) is 28.5. The Morgan fingerprint density at radius 3 is 1.71 bits per heavy atom. The molecule has 1 N–H and O–H groups in total. The van der Waals surface area contributed by atoms with Gasteiger partial charge in [-0.25, -0.2) is 0 Å². The van der Waals surface area contributed by atoms with E-state index in [1.807, 2.05) is 42.5 Å². The van der Waals surface area contributed by atoms with Crippen LogP contribution in [0.25, 0.3) is 12.2 Å². The molecule has 0 spiro atoms. The predicted molar refractivity (Wildman–Crippen MR) is 237 cm³/mol. The third kappa shape index (κ3) is 5.08. The van der Waals surface area contributed by atoms with Crippen molar-refractivity contribution < 1.29 is 9.47 Å². The Morgan fingerprint density at radius 2 is 1.03 bits per heavy atom. The molecule has 0 atom stereocenters. The maximum atomic E-state index is 7.00. The lowest BCUT2D eigenvalue weighted by Crippen LogP contribution is -2.35. The van der Waals surface area contributed by atoms with Crippen LogP contribution in [0.5, 0.6) is 23.0 Å². The lowest BCUT2D eigenvalue weighted by Gasteiger charge is -2.44. The Hall–Kier alpha value is -7.30. The first-order valence-electron chi connectivity index (χ1n) is 19.9. The number of nitrogens with zero attached hydrogens (tertiary/aromatic N) is 1. The lowest BCUT2D eigenvalue weighted by molar-refractivity contribution is 0.359. The molecule has 2 aliphatic heterocycles. The topological polar surface area (TPSA) is 33.7 Å². The molecule has 8 aromatic carbocycles. The van der Waals surface area contributed by atoms with Crippen molar-refractivity contribution in [2.24, 2.45) is 0 Å². The van der Waals surface area contributed by atoms with Crippen molar-refractivity contribution >= 4 is 40.6 Å². The zero-order valence-electron chi connectivity index (χ0n) is 32.3. The number of hydrogen-bond acceptors (Lipinski definition) is 4. The van der Waals surface area contributed by atoms with Crippen LogP contribution in [-0.2, 0) is 10.8 Å². The minimum absolute atomic E-state index is 0.284. The van der Waals surface area contributed by atoms with Gasteiger partial charge in [-0.15, -0.1) is 0 Å². The third-order valence-corrected chi connectivity index (χ3v) is 12.2. The van der Waals surface area contributed by atoms with Crippen molar-refractivity contribution in [2.75, 3.05) is 10.2 Å². The van der Waals surface area contributed by atoms with E-state index in [0.29, 0.717) is 23.0 Å². The Bertz CT molecular complexity index is 2850. The van der Waals surface area contributed by atoms with Crippen LogP contribution in [0.3, 0.4) is 0 Å². The van der Waals surface area contributed by atoms with Crippen LogP contribution >= 0.6 is 0 Å². The number of para-hydroxylation sites is 5. The van der Waals surface area contributed by atoms with Crippen LogP contribution in [0.1, 0.15) is 58.4 Å². The van der Waals surface area contributed by atoms with Crippen LogP contribution in [0.15, 0.2) is 188 Å². The normalized spacial score (nSPS) is 14.8. The molecule has 11 rings (SSSR count). The van der Waals surface area contributed by atoms with Gasteiger partial charge in [0, 0.05) is 22.4 Å². The molecule has 4 nitrogen and oxygen atoms in total. The van der Waals surface area contributed by atoms with E-state index in [1.54, 1.807) is 0 Å². The monoisotopic (exact) mass is 748 g/mol. The van der Waals surface area contributed by atoms with Gasteiger partial charge in [0.2, 0.25) is 0 Å². The Morgan fingerprint density at radius 1 is 0.466 bits per heavy atom. The number of anilines is 5. The molecule has 0 aromatic heterocycles. The SMILES string of the molecule is CC1(C)c2ccccc2N(c2ccccc2)c2cc3c(cc21)C=Cc1c(cc(Nc2ccccc2)c2c1Oc1ccccc1O2)C3(c1ccccc1)c1ccccc1. The summed E-state index contributed by atoms with van der Waals surface area (Å²) < 4.78 is 13.8. The number of rotatable bonds is 5. The molecular weight excluding hydrogens is 709 g/mol. The van der Waals surface area contributed by atoms with Crippen molar-refractivity contribution in [3.05, 3.63) is 233 Å². The van der Waals surface area contributed by atoms with Gasteiger partial charge in [-0.3, -0.25) is 0 Å². The maximum Gasteiger partial charge on any atom is 0.194 e. The van der Waals surface area contributed by atoms with Crippen LogP contribution in [0.4, 0.5) is 28.4 Å². The summed E-state index contributed by atoms with van der Waals surface area (Å²) in [5.74, 6) is 2.69. The molecule has 0 saturated carbocycles. The van der Waals surface area contributed by atoms with Crippen LogP contribution < -0.4 is 19.7 Å². The predicted octanol–water partition coefficient (Wildman–Crippen LogP) is 14.3. The second-order valence-corrected chi connectivity index (χ2v) is 15.8. The van der Waals surface area contributed by atoms with Gasteiger partial charge in [-0.2, -0.15) is 0 Å². The molecule has 3 aliphatic rings. The lowest BCUT2D eigenvalue weighted by atomic mass is 9.62. The molecule has 0 fully saturated rings. The highest BCUT2D eigenvalue weighted by molar-refractivity contribution is 5.93. The first kappa shape index (κ1) is 34.0. The summed E-state index contributed by atoms with van der Waals surface area (Å²) in [6.45, 7) is 4.72. The highest BCUT2D eigenvalue weighted by Gasteiger charge is 2.47. The second-order valence-electron chi connectivity index (χ2n) is 15.8. The van der Waals surface area contributed by atoms with Crippen LogP contribution in [0, 0.1) is 0 Å². The van der Waals surface area contributed by atoms with Gasteiger partial charge in [-0.1, -0.05) is 153 Å². The van der Waals surface area contributed by atoms with Gasteiger partial charge >= 0.3 is 0 Å². The van der Waals surface area contributed by atoms with Crippen molar-refractivity contribution in [3.63, 3.8) is 0 Å². The van der Waals surface area contributed by atoms with Crippen LogP contribution in [-0.4, -0.2) is 0 Å². The van der Waals surface area contributed by atoms with Gasteiger partial charge in [0.25, 0.3) is 0 Å². The molecule has 0 unspecified atom stereocenters. The Balaban J connectivity index is 1.28. The smallest absolute Gasteiger partial charge is 0.194 e. The van der Waals surface area contributed by atoms with Gasteiger partial charge in [0.15, 0.2) is 23.0 Å². The summed E-state index contributed by atoms with van der Waals surface area (Å²) in [7, 11) is 0. The number of hydrogen-bond donors (Lipinski definition) is 1. The van der Waals surface area contributed by atoms with Crippen molar-refractivity contribution in [3.8, 4) is 23.0 Å². The largest absolute Gasteiger partial charge is 0.449 e. The fourth-order valence-electron chi connectivity index (χ4n) is 9.51. The molecule has 0 amide bonds.